The fourth-order valence-corrected chi connectivity index (χ4v) is 3.13. The lowest BCUT2D eigenvalue weighted by molar-refractivity contribution is -0.155. The number of unbranched alkanes of at least 4 members (excludes halogenated alkanes) is 2. The second-order valence-electron chi connectivity index (χ2n) is 4.84. The number of ether oxygens (including phenoxy) is 2. The highest BCUT2D eigenvalue weighted by atomic mass is 32.7. The van der Waals surface area contributed by atoms with Gasteiger partial charge in [0.25, 0.3) is 0 Å². The van der Waals surface area contributed by atoms with Crippen molar-refractivity contribution in [2.45, 2.75) is 52.1 Å². The van der Waals surface area contributed by atoms with E-state index in [1.165, 1.54) is 11.4 Å². The van der Waals surface area contributed by atoms with Gasteiger partial charge in [-0.2, -0.15) is 0 Å². The summed E-state index contributed by atoms with van der Waals surface area (Å²) >= 11 is 1.29. The molecule has 0 aliphatic carbocycles. The van der Waals surface area contributed by atoms with Gasteiger partial charge in [0.05, 0.1) is 5.80 Å². The molecule has 0 radical (unpaired) electrons. The predicted octanol–water partition coefficient (Wildman–Crippen LogP) is 2.70. The van der Waals surface area contributed by atoms with Crippen LogP contribution in [0.15, 0.2) is 0 Å². The topological polar surface area (TPSA) is 58.6 Å². The van der Waals surface area contributed by atoms with Crippen LogP contribution in [0.2, 0.25) is 0 Å². The first-order chi connectivity index (χ1) is 8.35. The Bertz CT molecular complexity index is 274. The van der Waals surface area contributed by atoms with E-state index in [-0.39, 0.29) is 5.97 Å². The lowest BCUT2D eigenvalue weighted by Gasteiger charge is -2.19. The quantitative estimate of drug-likeness (QED) is 0.298. The van der Waals surface area contributed by atoms with Gasteiger partial charge >= 0.3 is 5.97 Å². The molecule has 0 saturated heterocycles. The Morgan fingerprint density at radius 2 is 2.06 bits per heavy atom. The standard InChI is InChI=1S/C12H23O4PS/c1-12(2,3)16-11(13)8-6-5-7-9-17(14)18-10-15-4/h9H,5-8,10H2,1-4H3. The molecule has 1 atom stereocenters. The van der Waals surface area contributed by atoms with Crippen LogP contribution in [0, 0.1) is 0 Å². The Morgan fingerprint density at radius 1 is 1.39 bits per heavy atom. The Morgan fingerprint density at radius 3 is 2.61 bits per heavy atom. The highest BCUT2D eigenvalue weighted by Gasteiger charge is 2.15. The van der Waals surface area contributed by atoms with Gasteiger partial charge in [-0.15, -0.1) is 0 Å². The molecular weight excluding hydrogens is 271 g/mol. The molecule has 0 aromatic carbocycles. The molecule has 0 aromatic heterocycles. The van der Waals surface area contributed by atoms with E-state index in [4.69, 9.17) is 9.47 Å². The molecule has 0 spiro atoms. The molecule has 0 N–H and O–H groups in total. The summed E-state index contributed by atoms with van der Waals surface area (Å²) in [5, 5.41) is 0. The molecule has 0 saturated carbocycles. The third-order valence-corrected chi connectivity index (χ3v) is 4.51. The number of carbonyl (C=O) groups is 1. The maximum atomic E-state index is 11.4. The zero-order valence-corrected chi connectivity index (χ0v) is 13.3. The SMILES string of the molecule is COCS/[P+]([O-])=C/CCCCC(=O)OC(C)(C)C. The van der Waals surface area contributed by atoms with Gasteiger partial charge in [0.2, 0.25) is 0 Å². The first-order valence-corrected chi connectivity index (χ1v) is 8.90. The van der Waals surface area contributed by atoms with Crippen molar-refractivity contribution in [3.05, 3.63) is 0 Å². The summed E-state index contributed by atoms with van der Waals surface area (Å²) in [4.78, 5) is 22.8. The Balaban J connectivity index is 3.59. The highest BCUT2D eigenvalue weighted by Crippen LogP contribution is 2.30. The van der Waals surface area contributed by atoms with Crippen LogP contribution in [0.5, 0.6) is 0 Å². The van der Waals surface area contributed by atoms with Crippen molar-refractivity contribution in [2.24, 2.45) is 0 Å². The number of rotatable bonds is 8. The van der Waals surface area contributed by atoms with E-state index in [1.54, 1.807) is 12.9 Å². The van der Waals surface area contributed by atoms with Crippen LogP contribution in [-0.4, -0.2) is 30.4 Å². The zero-order valence-electron chi connectivity index (χ0n) is 11.6. The van der Waals surface area contributed by atoms with Gasteiger partial charge in [-0.05, 0) is 33.6 Å². The van der Waals surface area contributed by atoms with Gasteiger partial charge in [-0.25, -0.2) is 0 Å². The third kappa shape index (κ3) is 12.4. The van der Waals surface area contributed by atoms with Crippen molar-refractivity contribution in [3.8, 4) is 0 Å². The summed E-state index contributed by atoms with van der Waals surface area (Å²) in [7, 11) is 1.58. The largest absolute Gasteiger partial charge is 0.620 e. The summed E-state index contributed by atoms with van der Waals surface area (Å²) in [5.74, 6) is 2.07. The third-order valence-electron chi connectivity index (χ3n) is 1.83. The van der Waals surface area contributed by atoms with Crippen molar-refractivity contribution in [1.29, 1.82) is 0 Å². The normalized spacial score (nSPS) is 12.6. The molecule has 6 heteroatoms. The average molecular weight is 294 g/mol. The lowest BCUT2D eigenvalue weighted by atomic mass is 10.2. The van der Waals surface area contributed by atoms with Crippen LogP contribution in [0.25, 0.3) is 0 Å². The smallest absolute Gasteiger partial charge is 0.306 e. The Kier molecular flexibility index (Phi) is 9.74. The van der Waals surface area contributed by atoms with Crippen LogP contribution >= 0.6 is 18.4 Å². The van der Waals surface area contributed by atoms with E-state index in [9.17, 15) is 9.69 Å². The van der Waals surface area contributed by atoms with Crippen molar-refractivity contribution < 1.29 is 19.2 Å². The number of carbonyl (C=O) groups excluding carboxylic acids is 1. The molecule has 4 nitrogen and oxygen atoms in total. The second-order valence-corrected chi connectivity index (χ2v) is 8.12. The predicted molar refractivity (Wildman–Crippen MR) is 76.8 cm³/mol. The minimum Gasteiger partial charge on any atom is -0.620 e. The minimum atomic E-state index is -1.34. The molecule has 0 aromatic rings. The molecule has 0 bridgehead atoms. The summed E-state index contributed by atoms with van der Waals surface area (Å²) in [6, 6.07) is 0. The number of hydrogen-bond donors (Lipinski definition) is 0. The molecule has 1 unspecified atom stereocenters. The van der Waals surface area contributed by atoms with Crippen LogP contribution in [0.1, 0.15) is 46.5 Å². The van der Waals surface area contributed by atoms with E-state index in [0.29, 0.717) is 12.4 Å². The van der Waals surface area contributed by atoms with Gasteiger partial charge in [0, 0.05) is 20.0 Å². The summed E-state index contributed by atoms with van der Waals surface area (Å²) < 4.78 is 10.0. The van der Waals surface area contributed by atoms with Crippen LogP contribution in [-0.2, 0) is 14.3 Å². The van der Waals surface area contributed by atoms with Crippen molar-refractivity contribution in [2.75, 3.05) is 13.0 Å². The van der Waals surface area contributed by atoms with Crippen LogP contribution in [0.4, 0.5) is 0 Å². The number of hydrogen-bond acceptors (Lipinski definition) is 5. The van der Waals surface area contributed by atoms with E-state index in [2.05, 4.69) is 0 Å². The lowest BCUT2D eigenvalue weighted by Crippen LogP contribution is -2.23. The van der Waals surface area contributed by atoms with Crippen LogP contribution in [0.3, 0.4) is 0 Å². The summed E-state index contributed by atoms with van der Waals surface area (Å²) in [6.07, 6.45) is 2.80. The summed E-state index contributed by atoms with van der Waals surface area (Å²) in [6.45, 7) is 4.23. The van der Waals surface area contributed by atoms with Gasteiger partial charge in [-0.3, -0.25) is 4.79 Å². The van der Waals surface area contributed by atoms with Crippen LogP contribution < -0.4 is 4.89 Å². The van der Waals surface area contributed by atoms with E-state index in [1.807, 2.05) is 20.8 Å². The molecule has 0 fully saturated rings. The zero-order chi connectivity index (χ0) is 14.0. The van der Waals surface area contributed by atoms with E-state index in [0.717, 1.165) is 19.3 Å². The monoisotopic (exact) mass is 294 g/mol. The fourth-order valence-electron chi connectivity index (χ4n) is 1.16. The van der Waals surface area contributed by atoms with Gasteiger partial charge in [0.1, 0.15) is 29.9 Å². The summed E-state index contributed by atoms with van der Waals surface area (Å²) in [5.41, 5.74) is -0.413. The first kappa shape index (κ1) is 17.9. The average Bonchev–Trinajstić information content (AvgIpc) is 2.23. The van der Waals surface area contributed by atoms with E-state index < -0.39 is 12.6 Å². The molecule has 0 heterocycles. The van der Waals surface area contributed by atoms with Gasteiger partial charge in [0.15, 0.2) is 0 Å². The highest BCUT2D eigenvalue weighted by molar-refractivity contribution is 8.52. The van der Waals surface area contributed by atoms with Crippen molar-refractivity contribution >= 4 is 30.1 Å². The maximum absolute atomic E-state index is 11.4. The molecule has 106 valence electrons. The minimum absolute atomic E-state index is 0.166. The number of esters is 1. The maximum Gasteiger partial charge on any atom is 0.306 e. The molecule has 18 heavy (non-hydrogen) atoms. The first-order valence-electron chi connectivity index (χ1n) is 5.98. The van der Waals surface area contributed by atoms with Gasteiger partial charge in [-0.1, -0.05) is 0 Å². The van der Waals surface area contributed by atoms with Crippen molar-refractivity contribution in [1.82, 2.24) is 0 Å². The second kappa shape index (κ2) is 9.79. The number of methoxy groups -OCH3 is 1. The molecule has 0 rings (SSSR count). The fraction of sp³-hybridized carbons (Fsp3) is 0.833. The van der Waals surface area contributed by atoms with Gasteiger partial charge < -0.3 is 14.4 Å². The Hall–Kier alpha value is -0.0900. The molecular formula is C12H23O4PS. The molecule has 0 amide bonds. The van der Waals surface area contributed by atoms with E-state index >= 15 is 0 Å². The molecule has 0 aliphatic rings. The Labute approximate surface area is 115 Å². The molecule has 0 aliphatic heterocycles. The van der Waals surface area contributed by atoms with Crippen molar-refractivity contribution in [3.63, 3.8) is 0 Å².